The third kappa shape index (κ3) is 1.88. The highest BCUT2D eigenvalue weighted by Crippen LogP contribution is 2.03. The maximum Gasteiger partial charge on any atom is 0.349 e. The first-order chi connectivity index (χ1) is 5.17. The van der Waals surface area contributed by atoms with Gasteiger partial charge < -0.3 is 5.11 Å². The van der Waals surface area contributed by atoms with Crippen molar-refractivity contribution >= 4 is 5.97 Å². The number of nitrogens with zero attached hydrogens (tertiary/aromatic N) is 3. The highest BCUT2D eigenvalue weighted by molar-refractivity contribution is 5.92. The van der Waals surface area contributed by atoms with Crippen LogP contribution in [0, 0.1) is 28.2 Å². The standard InChI is InChI=1S/C5H2N4O2/c6-1-3(5(10)11)4(2-7)9-8/h8H,(H,10,11). The molecule has 2 N–H and O–H groups in total. The van der Waals surface area contributed by atoms with Crippen LogP contribution in [0.3, 0.4) is 0 Å². The minimum absolute atomic E-state index is 0.694. The van der Waals surface area contributed by atoms with Gasteiger partial charge in [0.2, 0.25) is 0 Å². The Morgan fingerprint density at radius 3 is 2.09 bits per heavy atom. The normalized spacial score (nSPS) is 10.4. The van der Waals surface area contributed by atoms with Crippen molar-refractivity contribution in [2.45, 2.75) is 0 Å². The number of carboxylic acid groups (broad SMARTS) is 1. The maximum atomic E-state index is 10.1. The minimum atomic E-state index is -1.56. The van der Waals surface area contributed by atoms with Crippen LogP contribution in [-0.2, 0) is 4.79 Å². The molecule has 0 saturated heterocycles. The molecule has 0 aromatic carbocycles. The van der Waals surface area contributed by atoms with Gasteiger partial charge in [0.25, 0.3) is 0 Å². The predicted octanol–water partition coefficient (Wildman–Crippen LogP) is 0.403. The van der Waals surface area contributed by atoms with Crippen LogP contribution >= 0.6 is 0 Å². The van der Waals surface area contributed by atoms with Crippen molar-refractivity contribution in [1.82, 2.24) is 0 Å². The van der Waals surface area contributed by atoms with Gasteiger partial charge >= 0.3 is 5.97 Å². The molecule has 0 aromatic rings. The van der Waals surface area contributed by atoms with Gasteiger partial charge in [-0.2, -0.15) is 10.5 Å². The molecule has 0 amide bonds. The molecule has 0 saturated carbocycles. The first-order valence-electron chi connectivity index (χ1n) is 2.32. The molecule has 54 valence electrons. The van der Waals surface area contributed by atoms with E-state index in [-0.39, 0.29) is 0 Å². The summed E-state index contributed by atoms with van der Waals surface area (Å²) in [6.45, 7) is 0. The van der Waals surface area contributed by atoms with Crippen LogP contribution in [0.4, 0.5) is 0 Å². The third-order valence-electron chi connectivity index (χ3n) is 0.780. The molecule has 0 unspecified atom stereocenters. The molecule has 0 rings (SSSR count). The second kappa shape index (κ2) is 3.75. The van der Waals surface area contributed by atoms with E-state index in [9.17, 15) is 4.79 Å². The average molecular weight is 150 g/mol. The van der Waals surface area contributed by atoms with Crippen LogP contribution < -0.4 is 0 Å². The molecule has 0 fully saturated rings. The van der Waals surface area contributed by atoms with Gasteiger partial charge in [-0.05, 0) is 0 Å². The zero-order valence-corrected chi connectivity index (χ0v) is 5.20. The summed E-state index contributed by atoms with van der Waals surface area (Å²) in [5, 5.41) is 27.1. The number of nitriles is 2. The number of hydrogen-bond donors (Lipinski definition) is 2. The second-order valence-corrected chi connectivity index (χ2v) is 1.36. The van der Waals surface area contributed by atoms with Crippen molar-refractivity contribution in [1.29, 1.82) is 16.1 Å². The van der Waals surface area contributed by atoms with E-state index in [4.69, 9.17) is 21.2 Å². The van der Waals surface area contributed by atoms with Crippen molar-refractivity contribution < 1.29 is 9.90 Å². The molecule has 6 heteroatoms. The van der Waals surface area contributed by atoms with Gasteiger partial charge in [0.15, 0.2) is 11.3 Å². The number of nitrogens with one attached hydrogen (secondary N) is 1. The second-order valence-electron chi connectivity index (χ2n) is 1.36. The summed E-state index contributed by atoms with van der Waals surface area (Å²) in [5.74, 6) is -1.56. The predicted molar refractivity (Wildman–Crippen MR) is 31.0 cm³/mol. The van der Waals surface area contributed by atoms with Crippen LogP contribution in [0.25, 0.3) is 0 Å². The Morgan fingerprint density at radius 1 is 1.45 bits per heavy atom. The Bertz CT molecular complexity index is 303. The summed E-state index contributed by atoms with van der Waals surface area (Å²) < 4.78 is 0. The first kappa shape index (κ1) is 8.79. The molecular formula is C5H2N4O2. The SMILES string of the molecule is N#CC(N=N)=C(C#N)C(=O)O. The Kier molecular flexibility index (Phi) is 2.99. The monoisotopic (exact) mass is 150 g/mol. The lowest BCUT2D eigenvalue weighted by Gasteiger charge is -1.86. The van der Waals surface area contributed by atoms with Crippen LogP contribution in [0.2, 0.25) is 0 Å². The van der Waals surface area contributed by atoms with E-state index in [1.807, 2.05) is 0 Å². The molecule has 11 heavy (non-hydrogen) atoms. The van der Waals surface area contributed by atoms with Crippen molar-refractivity contribution in [2.75, 3.05) is 0 Å². The maximum absolute atomic E-state index is 10.1. The fourth-order valence-corrected chi connectivity index (χ4v) is 0.339. The van der Waals surface area contributed by atoms with Gasteiger partial charge in [-0.15, -0.1) is 5.11 Å². The van der Waals surface area contributed by atoms with Crippen LogP contribution in [0.15, 0.2) is 16.4 Å². The highest BCUT2D eigenvalue weighted by Gasteiger charge is 2.12. The van der Waals surface area contributed by atoms with Crippen molar-refractivity contribution in [3.8, 4) is 12.1 Å². The number of aliphatic carboxylic acids is 1. The molecule has 0 heterocycles. The highest BCUT2D eigenvalue weighted by atomic mass is 16.4. The Balaban J connectivity index is 5.19. The van der Waals surface area contributed by atoms with Gasteiger partial charge in [0.1, 0.15) is 12.1 Å². The van der Waals surface area contributed by atoms with E-state index in [2.05, 4.69) is 5.11 Å². The summed E-state index contributed by atoms with van der Waals surface area (Å²) in [6, 6.07) is 2.55. The van der Waals surface area contributed by atoms with Gasteiger partial charge in [-0.25, -0.2) is 10.3 Å². The van der Waals surface area contributed by atoms with Gasteiger partial charge in [-0.1, -0.05) is 0 Å². The Labute approximate surface area is 61.5 Å². The summed E-state index contributed by atoms with van der Waals surface area (Å²) in [5.41, 5.74) is 4.81. The summed E-state index contributed by atoms with van der Waals surface area (Å²) >= 11 is 0. The largest absolute Gasteiger partial charge is 0.477 e. The van der Waals surface area contributed by atoms with Crippen LogP contribution in [0.1, 0.15) is 0 Å². The molecular weight excluding hydrogens is 148 g/mol. The van der Waals surface area contributed by atoms with E-state index in [0.717, 1.165) is 0 Å². The van der Waals surface area contributed by atoms with Gasteiger partial charge in [0, 0.05) is 0 Å². The van der Waals surface area contributed by atoms with E-state index in [1.54, 1.807) is 0 Å². The molecule has 0 aromatic heterocycles. The van der Waals surface area contributed by atoms with Crippen LogP contribution in [-0.4, -0.2) is 11.1 Å². The van der Waals surface area contributed by atoms with E-state index >= 15 is 0 Å². The molecule has 0 aliphatic heterocycles. The Morgan fingerprint density at radius 2 is 2.00 bits per heavy atom. The molecule has 6 nitrogen and oxygen atoms in total. The van der Waals surface area contributed by atoms with E-state index in [0.29, 0.717) is 0 Å². The van der Waals surface area contributed by atoms with E-state index < -0.39 is 17.2 Å². The number of carboxylic acids is 1. The molecule has 0 radical (unpaired) electrons. The van der Waals surface area contributed by atoms with Gasteiger partial charge in [-0.3, -0.25) is 0 Å². The first-order valence-corrected chi connectivity index (χ1v) is 2.32. The summed E-state index contributed by atoms with van der Waals surface area (Å²) in [6.07, 6.45) is 0. The zero-order chi connectivity index (χ0) is 8.85. The van der Waals surface area contributed by atoms with Crippen molar-refractivity contribution in [2.24, 2.45) is 5.11 Å². The third-order valence-corrected chi connectivity index (χ3v) is 0.780. The summed E-state index contributed by atoms with van der Waals surface area (Å²) in [7, 11) is 0. The van der Waals surface area contributed by atoms with E-state index in [1.165, 1.54) is 12.1 Å². The molecule has 0 aliphatic carbocycles. The fraction of sp³-hybridized carbons (Fsp3) is 0. The topological polar surface area (TPSA) is 121 Å². The lowest BCUT2D eigenvalue weighted by Crippen LogP contribution is -2.00. The van der Waals surface area contributed by atoms with Crippen LogP contribution in [0.5, 0.6) is 0 Å². The molecule has 0 bridgehead atoms. The lowest BCUT2D eigenvalue weighted by atomic mass is 10.2. The Hall–Kier alpha value is -2.21. The fourth-order valence-electron chi connectivity index (χ4n) is 0.339. The summed E-state index contributed by atoms with van der Waals surface area (Å²) in [4.78, 5) is 10.1. The number of rotatable bonds is 2. The number of carbonyl (C=O) groups is 1. The quantitative estimate of drug-likeness (QED) is 0.336. The average Bonchev–Trinajstić information content (AvgIpc) is 1.99. The molecule has 0 spiro atoms. The lowest BCUT2D eigenvalue weighted by molar-refractivity contribution is -0.132. The molecule has 0 atom stereocenters. The number of hydrogen-bond acceptors (Lipinski definition) is 5. The minimum Gasteiger partial charge on any atom is -0.477 e. The zero-order valence-electron chi connectivity index (χ0n) is 5.20. The van der Waals surface area contributed by atoms with Gasteiger partial charge in [0.05, 0.1) is 0 Å². The molecule has 0 aliphatic rings. The van der Waals surface area contributed by atoms with Crippen molar-refractivity contribution in [3.05, 3.63) is 11.3 Å². The van der Waals surface area contributed by atoms with Crippen molar-refractivity contribution in [3.63, 3.8) is 0 Å². The number of allylic oxidation sites excluding steroid dienone is 1. The smallest absolute Gasteiger partial charge is 0.349 e.